The van der Waals surface area contributed by atoms with Gasteiger partial charge < -0.3 is 5.32 Å². The zero-order chi connectivity index (χ0) is 19.2. The minimum Gasteiger partial charge on any atom is -0.347 e. The standard InChI is InChI=1S/C19H27Cl2N3O2/c1-2-3-4-5-6-7-8-12-18(25)22-14-19(26)24-23-13-15-16(20)10-9-11-17(15)21/h9-11,13H,2-8,12,14H2,1H3,(H,22,25)(H,24,26). The van der Waals surface area contributed by atoms with Crippen molar-refractivity contribution in [3.05, 3.63) is 33.8 Å². The third kappa shape index (κ3) is 9.78. The summed E-state index contributed by atoms with van der Waals surface area (Å²) in [6.45, 7) is 2.08. The van der Waals surface area contributed by atoms with Crippen molar-refractivity contribution in [3.8, 4) is 0 Å². The van der Waals surface area contributed by atoms with Crippen molar-refractivity contribution in [3.63, 3.8) is 0 Å². The van der Waals surface area contributed by atoms with Crippen LogP contribution in [-0.2, 0) is 9.59 Å². The van der Waals surface area contributed by atoms with Crippen LogP contribution >= 0.6 is 23.2 Å². The van der Waals surface area contributed by atoms with Gasteiger partial charge in [-0.1, -0.05) is 74.7 Å². The van der Waals surface area contributed by atoms with E-state index in [0.29, 0.717) is 22.0 Å². The molecule has 0 fully saturated rings. The number of halogens is 2. The topological polar surface area (TPSA) is 70.6 Å². The molecule has 0 spiro atoms. The second-order valence-corrected chi connectivity index (χ2v) is 6.89. The number of nitrogens with one attached hydrogen (secondary N) is 2. The van der Waals surface area contributed by atoms with Gasteiger partial charge in [-0.25, -0.2) is 5.43 Å². The molecule has 1 rings (SSSR count). The number of hydrogen-bond donors (Lipinski definition) is 2. The molecule has 0 unspecified atom stereocenters. The number of rotatable bonds is 12. The first-order chi connectivity index (χ1) is 12.5. The number of nitrogens with zero attached hydrogens (tertiary/aromatic N) is 1. The molecule has 0 bridgehead atoms. The van der Waals surface area contributed by atoms with E-state index in [0.717, 1.165) is 19.3 Å². The third-order valence-corrected chi connectivity index (χ3v) is 4.50. The average Bonchev–Trinajstić information content (AvgIpc) is 2.61. The molecule has 144 valence electrons. The molecule has 0 saturated carbocycles. The molecule has 0 aliphatic carbocycles. The first-order valence-corrected chi connectivity index (χ1v) is 9.82. The second-order valence-electron chi connectivity index (χ2n) is 6.08. The second kappa shape index (κ2) is 13.6. The van der Waals surface area contributed by atoms with Gasteiger partial charge in [0, 0.05) is 12.0 Å². The molecular formula is C19H27Cl2N3O2. The normalized spacial score (nSPS) is 10.9. The van der Waals surface area contributed by atoms with E-state index in [1.165, 1.54) is 31.9 Å². The predicted molar refractivity (Wildman–Crippen MR) is 108 cm³/mol. The Morgan fingerprint density at radius 2 is 1.62 bits per heavy atom. The number of amides is 2. The summed E-state index contributed by atoms with van der Waals surface area (Å²) in [7, 11) is 0. The zero-order valence-corrected chi connectivity index (χ0v) is 16.7. The van der Waals surface area contributed by atoms with Crippen LogP contribution < -0.4 is 10.7 Å². The highest BCUT2D eigenvalue weighted by atomic mass is 35.5. The Labute approximate surface area is 165 Å². The zero-order valence-electron chi connectivity index (χ0n) is 15.2. The molecule has 1 aromatic carbocycles. The van der Waals surface area contributed by atoms with Crippen molar-refractivity contribution in [1.29, 1.82) is 0 Å². The van der Waals surface area contributed by atoms with Gasteiger partial charge in [0.1, 0.15) is 0 Å². The summed E-state index contributed by atoms with van der Waals surface area (Å²) in [5, 5.41) is 7.28. The molecule has 0 heterocycles. The monoisotopic (exact) mass is 399 g/mol. The highest BCUT2D eigenvalue weighted by Crippen LogP contribution is 2.21. The van der Waals surface area contributed by atoms with Crippen LogP contribution in [0.2, 0.25) is 10.0 Å². The van der Waals surface area contributed by atoms with E-state index >= 15 is 0 Å². The molecule has 0 saturated heterocycles. The molecule has 26 heavy (non-hydrogen) atoms. The molecule has 0 aromatic heterocycles. The maximum absolute atomic E-state index is 11.7. The van der Waals surface area contributed by atoms with Crippen LogP contribution in [0.15, 0.2) is 23.3 Å². The van der Waals surface area contributed by atoms with Gasteiger partial charge >= 0.3 is 0 Å². The molecule has 2 amide bonds. The summed E-state index contributed by atoms with van der Waals surface area (Å²) in [5.74, 6) is -0.524. The van der Waals surface area contributed by atoms with Gasteiger partial charge in [0.05, 0.1) is 22.8 Å². The molecule has 5 nitrogen and oxygen atoms in total. The number of unbranched alkanes of at least 4 members (excludes halogenated alkanes) is 6. The summed E-state index contributed by atoms with van der Waals surface area (Å²) in [6, 6.07) is 5.09. The number of carbonyl (C=O) groups is 2. The summed E-state index contributed by atoms with van der Waals surface area (Å²) in [4.78, 5) is 23.4. The van der Waals surface area contributed by atoms with Gasteiger partial charge in [0.15, 0.2) is 0 Å². The van der Waals surface area contributed by atoms with Gasteiger partial charge in [-0.2, -0.15) is 5.10 Å². The van der Waals surface area contributed by atoms with Gasteiger partial charge in [-0.05, 0) is 18.6 Å². The highest BCUT2D eigenvalue weighted by Gasteiger charge is 2.05. The van der Waals surface area contributed by atoms with Crippen molar-refractivity contribution in [2.45, 2.75) is 58.3 Å². The number of hydrogen-bond acceptors (Lipinski definition) is 3. The van der Waals surface area contributed by atoms with E-state index in [1.54, 1.807) is 18.2 Å². The molecule has 0 atom stereocenters. The largest absolute Gasteiger partial charge is 0.347 e. The van der Waals surface area contributed by atoms with Crippen LogP contribution in [0.25, 0.3) is 0 Å². The van der Waals surface area contributed by atoms with Crippen LogP contribution in [0.3, 0.4) is 0 Å². The molecule has 0 aliphatic heterocycles. The molecule has 7 heteroatoms. The lowest BCUT2D eigenvalue weighted by atomic mass is 10.1. The van der Waals surface area contributed by atoms with E-state index in [9.17, 15) is 9.59 Å². The maximum Gasteiger partial charge on any atom is 0.259 e. The van der Waals surface area contributed by atoms with Crippen LogP contribution in [0.1, 0.15) is 63.9 Å². The minimum absolute atomic E-state index is 0.108. The van der Waals surface area contributed by atoms with Gasteiger partial charge in [-0.3, -0.25) is 9.59 Å². The van der Waals surface area contributed by atoms with E-state index in [1.807, 2.05) is 0 Å². The van der Waals surface area contributed by atoms with Crippen molar-refractivity contribution in [2.24, 2.45) is 5.10 Å². The smallest absolute Gasteiger partial charge is 0.259 e. The molecule has 0 aliphatic rings. The van der Waals surface area contributed by atoms with Crippen LogP contribution in [0, 0.1) is 0 Å². The summed E-state index contributed by atoms with van der Waals surface area (Å²) in [5.41, 5.74) is 2.86. The van der Waals surface area contributed by atoms with Crippen LogP contribution in [-0.4, -0.2) is 24.6 Å². The maximum atomic E-state index is 11.7. The summed E-state index contributed by atoms with van der Waals surface area (Å²) < 4.78 is 0. The van der Waals surface area contributed by atoms with Gasteiger partial charge in [0.25, 0.3) is 5.91 Å². The Balaban J connectivity index is 2.16. The molecular weight excluding hydrogens is 373 g/mol. The van der Waals surface area contributed by atoms with E-state index in [-0.39, 0.29) is 12.5 Å². The Bertz CT molecular complexity index is 586. The van der Waals surface area contributed by atoms with Gasteiger partial charge in [0.2, 0.25) is 5.91 Å². The lowest BCUT2D eigenvalue weighted by Crippen LogP contribution is -2.34. The fraction of sp³-hybridized carbons (Fsp3) is 0.526. The Kier molecular flexibility index (Phi) is 11.7. The molecule has 2 N–H and O–H groups in total. The van der Waals surface area contributed by atoms with E-state index in [4.69, 9.17) is 23.2 Å². The highest BCUT2D eigenvalue weighted by molar-refractivity contribution is 6.38. The van der Waals surface area contributed by atoms with Crippen molar-refractivity contribution in [2.75, 3.05) is 6.54 Å². The lowest BCUT2D eigenvalue weighted by molar-refractivity contribution is -0.126. The number of carbonyl (C=O) groups excluding carboxylic acids is 2. The Morgan fingerprint density at radius 3 is 2.27 bits per heavy atom. The van der Waals surface area contributed by atoms with Crippen LogP contribution in [0.4, 0.5) is 0 Å². The van der Waals surface area contributed by atoms with Crippen LogP contribution in [0.5, 0.6) is 0 Å². The SMILES string of the molecule is CCCCCCCCCC(=O)NCC(=O)NN=Cc1c(Cl)cccc1Cl. The predicted octanol–water partition coefficient (Wildman–Crippen LogP) is 4.70. The quantitative estimate of drug-likeness (QED) is 0.303. The summed E-state index contributed by atoms with van der Waals surface area (Å²) >= 11 is 12.0. The lowest BCUT2D eigenvalue weighted by Gasteiger charge is -2.05. The first-order valence-electron chi connectivity index (χ1n) is 9.07. The first kappa shape index (κ1) is 22.5. The van der Waals surface area contributed by atoms with E-state index in [2.05, 4.69) is 22.8 Å². The Hall–Kier alpha value is -1.59. The average molecular weight is 400 g/mol. The van der Waals surface area contributed by atoms with Crippen molar-refractivity contribution < 1.29 is 9.59 Å². The number of benzene rings is 1. The molecule has 0 radical (unpaired) electrons. The fourth-order valence-electron chi connectivity index (χ4n) is 2.35. The minimum atomic E-state index is -0.405. The number of hydrazone groups is 1. The van der Waals surface area contributed by atoms with Crippen molar-refractivity contribution in [1.82, 2.24) is 10.7 Å². The Morgan fingerprint density at radius 1 is 1.00 bits per heavy atom. The van der Waals surface area contributed by atoms with E-state index < -0.39 is 5.91 Å². The molecule has 1 aromatic rings. The van der Waals surface area contributed by atoms with Crippen molar-refractivity contribution >= 4 is 41.2 Å². The fourth-order valence-corrected chi connectivity index (χ4v) is 2.85. The third-order valence-electron chi connectivity index (χ3n) is 3.84. The van der Waals surface area contributed by atoms with Gasteiger partial charge in [-0.15, -0.1) is 0 Å². The summed E-state index contributed by atoms with van der Waals surface area (Å²) in [6.07, 6.45) is 9.89.